The summed E-state index contributed by atoms with van der Waals surface area (Å²) in [6, 6.07) is 13.5. The number of hydrogen-bond donors (Lipinski definition) is 0. The van der Waals surface area contributed by atoms with E-state index in [1.54, 1.807) is 16.9 Å². The normalized spacial score (nSPS) is 18.1. The van der Waals surface area contributed by atoms with Crippen molar-refractivity contribution in [3.63, 3.8) is 0 Å². The predicted octanol–water partition coefficient (Wildman–Crippen LogP) is 1.38. The molecule has 1 saturated heterocycles. The maximum atomic E-state index is 13.3. The molecule has 8 nitrogen and oxygen atoms in total. The van der Waals surface area contributed by atoms with Gasteiger partial charge in [0, 0.05) is 26.2 Å². The highest BCUT2D eigenvalue weighted by atomic mass is 16.2. The number of rotatable bonds is 3. The van der Waals surface area contributed by atoms with Gasteiger partial charge in [-0.2, -0.15) is 9.78 Å². The topological polar surface area (TPSA) is 90.4 Å². The molecule has 0 bridgehead atoms. The Bertz CT molecular complexity index is 1090. The summed E-state index contributed by atoms with van der Waals surface area (Å²) in [6.07, 6.45) is 3.30. The summed E-state index contributed by atoms with van der Waals surface area (Å²) in [6.45, 7) is 2.81. The Morgan fingerprint density at radius 3 is 2.68 bits per heavy atom. The van der Waals surface area contributed by atoms with Gasteiger partial charge in [-0.1, -0.05) is 12.1 Å². The molecule has 140 valence electrons. The number of anilines is 1. The molecule has 1 aliphatic heterocycles. The Hall–Kier alpha value is -3.47. The van der Waals surface area contributed by atoms with Gasteiger partial charge in [0.15, 0.2) is 5.65 Å². The number of nitriles is 1. The minimum absolute atomic E-state index is 0.185. The third kappa shape index (κ3) is 2.67. The zero-order valence-corrected chi connectivity index (χ0v) is 15.3. The summed E-state index contributed by atoms with van der Waals surface area (Å²) in [7, 11) is 0. The number of piperazine rings is 1. The first-order chi connectivity index (χ1) is 13.7. The molecule has 3 aromatic rings. The fraction of sp³-hybridized carbons (Fsp3) is 0.350. The van der Waals surface area contributed by atoms with Crippen LogP contribution < -0.4 is 4.90 Å². The third-order valence-electron chi connectivity index (χ3n) is 5.74. The van der Waals surface area contributed by atoms with Crippen LogP contribution in [0.15, 0.2) is 42.7 Å². The summed E-state index contributed by atoms with van der Waals surface area (Å²) < 4.78 is 1.66. The molecule has 0 atom stereocenters. The molecule has 1 aliphatic carbocycles. The SMILES string of the molecule is N#Cc1cccc(C2(C(=O)N3CCN(c4ccc5nncn5n4)CC3)CC2)c1. The van der Waals surface area contributed by atoms with Crippen molar-refractivity contribution in [3.8, 4) is 6.07 Å². The molecule has 2 fully saturated rings. The summed E-state index contributed by atoms with van der Waals surface area (Å²) in [4.78, 5) is 17.4. The Labute approximate surface area is 162 Å². The van der Waals surface area contributed by atoms with Gasteiger partial charge >= 0.3 is 0 Å². The molecular weight excluding hydrogens is 354 g/mol. The van der Waals surface area contributed by atoms with E-state index in [4.69, 9.17) is 5.26 Å². The molecular formula is C20H19N7O. The fourth-order valence-corrected chi connectivity index (χ4v) is 3.97. The molecule has 0 radical (unpaired) electrons. The average molecular weight is 373 g/mol. The van der Waals surface area contributed by atoms with Gasteiger partial charge in [0.05, 0.1) is 17.0 Å². The van der Waals surface area contributed by atoms with Crippen LogP contribution in [0.25, 0.3) is 5.65 Å². The highest BCUT2D eigenvalue weighted by molar-refractivity contribution is 5.91. The van der Waals surface area contributed by atoms with Crippen LogP contribution in [-0.4, -0.2) is 56.8 Å². The lowest BCUT2D eigenvalue weighted by molar-refractivity contribution is -0.134. The van der Waals surface area contributed by atoms with E-state index in [9.17, 15) is 4.79 Å². The third-order valence-corrected chi connectivity index (χ3v) is 5.74. The lowest BCUT2D eigenvalue weighted by Gasteiger charge is -2.37. The molecule has 0 spiro atoms. The lowest BCUT2D eigenvalue weighted by Crippen LogP contribution is -2.51. The number of carbonyl (C=O) groups is 1. The van der Waals surface area contributed by atoms with Gasteiger partial charge < -0.3 is 9.80 Å². The van der Waals surface area contributed by atoms with Crippen LogP contribution in [0, 0.1) is 11.3 Å². The van der Waals surface area contributed by atoms with Crippen molar-refractivity contribution in [2.24, 2.45) is 0 Å². The molecule has 0 unspecified atom stereocenters. The van der Waals surface area contributed by atoms with E-state index in [0.29, 0.717) is 24.3 Å². The highest BCUT2D eigenvalue weighted by Gasteiger charge is 2.53. The Morgan fingerprint density at radius 2 is 1.93 bits per heavy atom. The number of aromatic nitrogens is 4. The quantitative estimate of drug-likeness (QED) is 0.689. The number of hydrogen-bond acceptors (Lipinski definition) is 6. The number of amides is 1. The Balaban J connectivity index is 1.30. The first-order valence-corrected chi connectivity index (χ1v) is 9.42. The van der Waals surface area contributed by atoms with Gasteiger partial charge in [0.25, 0.3) is 0 Å². The maximum Gasteiger partial charge on any atom is 0.233 e. The minimum atomic E-state index is -0.436. The van der Waals surface area contributed by atoms with Crippen molar-refractivity contribution in [3.05, 3.63) is 53.9 Å². The van der Waals surface area contributed by atoms with E-state index < -0.39 is 5.41 Å². The molecule has 2 aromatic heterocycles. The standard InChI is InChI=1S/C20H19N7O/c21-13-15-2-1-3-16(12-15)20(6-7-20)19(28)26-10-8-25(9-11-26)18-5-4-17-23-22-14-27(17)24-18/h1-5,12,14H,6-11H2. The van der Waals surface area contributed by atoms with Crippen LogP contribution in [-0.2, 0) is 10.2 Å². The molecule has 1 saturated carbocycles. The summed E-state index contributed by atoms with van der Waals surface area (Å²) in [5.41, 5.74) is 1.86. The summed E-state index contributed by atoms with van der Waals surface area (Å²) in [5.74, 6) is 1.05. The van der Waals surface area contributed by atoms with E-state index in [-0.39, 0.29) is 5.91 Å². The van der Waals surface area contributed by atoms with Gasteiger partial charge in [0.2, 0.25) is 5.91 Å². The van der Waals surface area contributed by atoms with Crippen LogP contribution in [0.5, 0.6) is 0 Å². The zero-order chi connectivity index (χ0) is 19.1. The smallest absolute Gasteiger partial charge is 0.233 e. The average Bonchev–Trinajstić information content (AvgIpc) is 3.44. The van der Waals surface area contributed by atoms with Gasteiger partial charge in [-0.05, 0) is 42.7 Å². The highest BCUT2D eigenvalue weighted by Crippen LogP contribution is 2.49. The van der Waals surface area contributed by atoms with Crippen LogP contribution in [0.2, 0.25) is 0 Å². The van der Waals surface area contributed by atoms with Crippen molar-refractivity contribution < 1.29 is 4.79 Å². The van der Waals surface area contributed by atoms with E-state index >= 15 is 0 Å². The summed E-state index contributed by atoms with van der Waals surface area (Å²) in [5, 5.41) is 21.5. The maximum absolute atomic E-state index is 13.3. The first-order valence-electron chi connectivity index (χ1n) is 9.42. The number of benzene rings is 1. The monoisotopic (exact) mass is 373 g/mol. The lowest BCUT2D eigenvalue weighted by atomic mass is 9.92. The fourth-order valence-electron chi connectivity index (χ4n) is 3.97. The van der Waals surface area contributed by atoms with E-state index in [1.165, 1.54) is 0 Å². The predicted molar refractivity (Wildman–Crippen MR) is 102 cm³/mol. The van der Waals surface area contributed by atoms with Crippen molar-refractivity contribution in [1.82, 2.24) is 24.7 Å². The Morgan fingerprint density at radius 1 is 1.11 bits per heavy atom. The molecule has 5 rings (SSSR count). The number of carbonyl (C=O) groups excluding carboxylic acids is 1. The van der Waals surface area contributed by atoms with Gasteiger partial charge in [-0.25, -0.2) is 0 Å². The zero-order valence-electron chi connectivity index (χ0n) is 15.3. The molecule has 0 N–H and O–H groups in total. The van der Waals surface area contributed by atoms with Crippen LogP contribution in [0.3, 0.4) is 0 Å². The van der Waals surface area contributed by atoms with Crippen molar-refractivity contribution >= 4 is 17.4 Å². The molecule has 2 aliphatic rings. The van der Waals surface area contributed by atoms with E-state index in [0.717, 1.165) is 37.3 Å². The minimum Gasteiger partial charge on any atom is -0.352 e. The van der Waals surface area contributed by atoms with Crippen molar-refractivity contribution in [1.29, 1.82) is 5.26 Å². The van der Waals surface area contributed by atoms with Crippen LogP contribution >= 0.6 is 0 Å². The largest absolute Gasteiger partial charge is 0.352 e. The number of nitrogens with zero attached hydrogens (tertiary/aromatic N) is 7. The van der Waals surface area contributed by atoms with Gasteiger partial charge in [-0.3, -0.25) is 4.79 Å². The van der Waals surface area contributed by atoms with Crippen LogP contribution in [0.4, 0.5) is 5.82 Å². The molecule has 28 heavy (non-hydrogen) atoms. The molecule has 8 heteroatoms. The second-order valence-electron chi connectivity index (χ2n) is 7.38. The van der Waals surface area contributed by atoms with Crippen molar-refractivity contribution in [2.45, 2.75) is 18.3 Å². The first kappa shape index (κ1) is 16.7. The second kappa shape index (κ2) is 6.30. The second-order valence-corrected chi connectivity index (χ2v) is 7.38. The van der Waals surface area contributed by atoms with Crippen LogP contribution in [0.1, 0.15) is 24.0 Å². The van der Waals surface area contributed by atoms with E-state index in [1.807, 2.05) is 35.2 Å². The number of fused-ring (bicyclic) bond motifs is 1. The Kier molecular flexibility index (Phi) is 3.76. The summed E-state index contributed by atoms with van der Waals surface area (Å²) >= 11 is 0. The van der Waals surface area contributed by atoms with Gasteiger partial charge in [-0.15, -0.1) is 15.3 Å². The molecule has 1 amide bonds. The van der Waals surface area contributed by atoms with Crippen molar-refractivity contribution in [2.75, 3.05) is 31.1 Å². The molecule has 1 aromatic carbocycles. The van der Waals surface area contributed by atoms with E-state index in [2.05, 4.69) is 26.3 Å². The van der Waals surface area contributed by atoms with Gasteiger partial charge in [0.1, 0.15) is 12.1 Å². The molecule has 3 heterocycles.